The SMILES string of the molecule is CCc1cn([C@@H]2CC(O)[C@H](CN)O2)c(=O)[nH]c1=O. The number of aromatic nitrogens is 2. The van der Waals surface area contributed by atoms with Crippen LogP contribution in [0, 0.1) is 0 Å². The largest absolute Gasteiger partial charge is 0.390 e. The molecule has 0 radical (unpaired) electrons. The fourth-order valence-corrected chi connectivity index (χ4v) is 2.09. The highest BCUT2D eigenvalue weighted by Gasteiger charge is 2.34. The van der Waals surface area contributed by atoms with Gasteiger partial charge in [0.15, 0.2) is 0 Å². The van der Waals surface area contributed by atoms with Gasteiger partial charge in [0.1, 0.15) is 6.23 Å². The molecule has 1 aromatic rings. The monoisotopic (exact) mass is 255 g/mol. The minimum absolute atomic E-state index is 0.191. The van der Waals surface area contributed by atoms with E-state index in [-0.39, 0.29) is 18.5 Å². The van der Waals surface area contributed by atoms with Crippen molar-refractivity contribution < 1.29 is 9.84 Å². The van der Waals surface area contributed by atoms with Gasteiger partial charge in [-0.1, -0.05) is 6.92 Å². The molecule has 0 aliphatic carbocycles. The number of nitrogens with zero attached hydrogens (tertiary/aromatic N) is 1. The van der Waals surface area contributed by atoms with Gasteiger partial charge in [0, 0.05) is 24.7 Å². The Bertz CT molecular complexity index is 536. The summed E-state index contributed by atoms with van der Waals surface area (Å²) in [5, 5.41) is 9.70. The molecule has 0 spiro atoms. The van der Waals surface area contributed by atoms with E-state index in [2.05, 4.69) is 4.98 Å². The Kier molecular flexibility index (Phi) is 3.65. The van der Waals surface area contributed by atoms with Crippen LogP contribution in [-0.2, 0) is 11.2 Å². The van der Waals surface area contributed by atoms with Crippen molar-refractivity contribution in [2.24, 2.45) is 5.73 Å². The minimum atomic E-state index is -0.691. The molecule has 3 atom stereocenters. The maximum atomic E-state index is 11.7. The molecule has 100 valence electrons. The van der Waals surface area contributed by atoms with Crippen molar-refractivity contribution in [1.29, 1.82) is 0 Å². The third-order valence-corrected chi connectivity index (χ3v) is 3.17. The molecule has 7 nitrogen and oxygen atoms in total. The molecule has 1 unspecified atom stereocenters. The lowest BCUT2D eigenvalue weighted by Gasteiger charge is -2.15. The van der Waals surface area contributed by atoms with E-state index in [4.69, 9.17) is 10.5 Å². The highest BCUT2D eigenvalue weighted by molar-refractivity contribution is 5.04. The molecular formula is C11H17N3O4. The number of nitrogens with one attached hydrogen (secondary N) is 1. The van der Waals surface area contributed by atoms with Crippen LogP contribution >= 0.6 is 0 Å². The number of ether oxygens (including phenoxy) is 1. The molecule has 1 aromatic heterocycles. The molecule has 0 aromatic carbocycles. The molecule has 1 saturated heterocycles. The first-order valence-corrected chi connectivity index (χ1v) is 5.94. The summed E-state index contributed by atoms with van der Waals surface area (Å²) in [5.74, 6) is 0. The summed E-state index contributed by atoms with van der Waals surface area (Å²) in [4.78, 5) is 25.4. The van der Waals surface area contributed by atoms with E-state index < -0.39 is 24.1 Å². The lowest BCUT2D eigenvalue weighted by atomic mass is 10.2. The normalized spacial score (nSPS) is 27.6. The molecule has 18 heavy (non-hydrogen) atoms. The summed E-state index contributed by atoms with van der Waals surface area (Å²) in [6.07, 6.45) is 0.547. The van der Waals surface area contributed by atoms with Crippen molar-refractivity contribution in [3.05, 3.63) is 32.6 Å². The summed E-state index contributed by atoms with van der Waals surface area (Å²) in [5.41, 5.74) is 5.04. The first-order valence-electron chi connectivity index (χ1n) is 5.94. The number of aryl methyl sites for hydroxylation is 1. The van der Waals surface area contributed by atoms with E-state index in [1.165, 1.54) is 10.8 Å². The Labute approximate surface area is 103 Å². The molecule has 0 bridgehead atoms. The minimum Gasteiger partial charge on any atom is -0.390 e. The molecular weight excluding hydrogens is 238 g/mol. The number of nitrogens with two attached hydrogens (primary N) is 1. The van der Waals surface area contributed by atoms with Crippen molar-refractivity contribution in [3.8, 4) is 0 Å². The topological polar surface area (TPSA) is 110 Å². The average molecular weight is 255 g/mol. The molecule has 7 heteroatoms. The highest BCUT2D eigenvalue weighted by atomic mass is 16.5. The summed E-state index contributed by atoms with van der Waals surface area (Å²) in [7, 11) is 0. The number of aliphatic hydroxyl groups excluding tert-OH is 1. The fraction of sp³-hybridized carbons (Fsp3) is 0.636. The van der Waals surface area contributed by atoms with Crippen LogP contribution in [0.25, 0.3) is 0 Å². The van der Waals surface area contributed by atoms with Crippen LogP contribution in [0.1, 0.15) is 25.1 Å². The number of hydrogen-bond acceptors (Lipinski definition) is 5. The summed E-state index contributed by atoms with van der Waals surface area (Å²) in [6.45, 7) is 2.02. The predicted molar refractivity (Wildman–Crippen MR) is 64.3 cm³/mol. The van der Waals surface area contributed by atoms with Crippen LogP contribution in [0.15, 0.2) is 15.8 Å². The molecule has 2 heterocycles. The molecule has 4 N–H and O–H groups in total. The summed E-state index contributed by atoms with van der Waals surface area (Å²) < 4.78 is 6.80. The fourth-order valence-electron chi connectivity index (χ4n) is 2.09. The Morgan fingerprint density at radius 2 is 2.33 bits per heavy atom. The van der Waals surface area contributed by atoms with Crippen molar-refractivity contribution >= 4 is 0 Å². The van der Waals surface area contributed by atoms with Gasteiger partial charge in [0.05, 0.1) is 12.2 Å². The van der Waals surface area contributed by atoms with Gasteiger partial charge in [0.2, 0.25) is 0 Å². The Morgan fingerprint density at radius 1 is 1.61 bits per heavy atom. The number of aromatic amines is 1. The van der Waals surface area contributed by atoms with Crippen LogP contribution in [0.2, 0.25) is 0 Å². The summed E-state index contributed by atoms with van der Waals surface area (Å²) >= 11 is 0. The van der Waals surface area contributed by atoms with E-state index in [0.29, 0.717) is 12.0 Å². The zero-order chi connectivity index (χ0) is 13.3. The lowest BCUT2D eigenvalue weighted by molar-refractivity contribution is -0.0152. The highest BCUT2D eigenvalue weighted by Crippen LogP contribution is 2.26. The Balaban J connectivity index is 2.35. The summed E-state index contributed by atoms with van der Waals surface area (Å²) in [6, 6.07) is 0. The number of rotatable bonds is 3. The predicted octanol–water partition coefficient (Wildman–Crippen LogP) is -1.29. The third-order valence-electron chi connectivity index (χ3n) is 3.17. The van der Waals surface area contributed by atoms with Gasteiger partial charge in [-0.2, -0.15) is 0 Å². The molecule has 1 fully saturated rings. The molecule has 0 saturated carbocycles. The van der Waals surface area contributed by atoms with Crippen LogP contribution in [-0.4, -0.2) is 33.4 Å². The Hall–Kier alpha value is -1.44. The first kappa shape index (κ1) is 13.0. The van der Waals surface area contributed by atoms with E-state index in [1.54, 1.807) is 0 Å². The van der Waals surface area contributed by atoms with E-state index in [0.717, 1.165) is 0 Å². The second kappa shape index (κ2) is 5.05. The van der Waals surface area contributed by atoms with Crippen molar-refractivity contribution in [2.45, 2.75) is 38.2 Å². The maximum Gasteiger partial charge on any atom is 0.330 e. The standard InChI is InChI=1S/C11H17N3O4/c1-2-6-5-14(11(17)13-10(6)16)9-3-7(15)8(4-12)18-9/h5,7-9,15H,2-4,12H2,1H3,(H,13,16,17)/t7?,8-,9-/m0/s1. The van der Waals surface area contributed by atoms with Gasteiger partial charge < -0.3 is 15.6 Å². The van der Waals surface area contributed by atoms with E-state index >= 15 is 0 Å². The smallest absolute Gasteiger partial charge is 0.330 e. The third kappa shape index (κ3) is 2.24. The molecule has 2 rings (SSSR count). The van der Waals surface area contributed by atoms with Crippen molar-refractivity contribution in [2.75, 3.05) is 6.54 Å². The van der Waals surface area contributed by atoms with Crippen LogP contribution in [0.3, 0.4) is 0 Å². The molecule has 0 amide bonds. The van der Waals surface area contributed by atoms with Gasteiger partial charge in [-0.05, 0) is 6.42 Å². The number of H-pyrrole nitrogens is 1. The van der Waals surface area contributed by atoms with Gasteiger partial charge in [-0.3, -0.25) is 14.3 Å². The van der Waals surface area contributed by atoms with Gasteiger partial charge >= 0.3 is 5.69 Å². The van der Waals surface area contributed by atoms with Crippen molar-refractivity contribution in [1.82, 2.24) is 9.55 Å². The second-order valence-corrected chi connectivity index (χ2v) is 4.34. The molecule has 1 aliphatic rings. The van der Waals surface area contributed by atoms with Gasteiger partial charge in [-0.15, -0.1) is 0 Å². The van der Waals surface area contributed by atoms with Crippen LogP contribution in [0.5, 0.6) is 0 Å². The van der Waals surface area contributed by atoms with E-state index in [1.807, 2.05) is 6.92 Å². The van der Waals surface area contributed by atoms with Crippen LogP contribution in [0.4, 0.5) is 0 Å². The van der Waals surface area contributed by atoms with Gasteiger partial charge in [-0.25, -0.2) is 4.79 Å². The van der Waals surface area contributed by atoms with Crippen LogP contribution < -0.4 is 17.0 Å². The first-order chi connectivity index (χ1) is 8.56. The quantitative estimate of drug-likeness (QED) is 0.622. The number of aliphatic hydroxyl groups is 1. The zero-order valence-electron chi connectivity index (χ0n) is 10.1. The average Bonchev–Trinajstić information content (AvgIpc) is 2.70. The Morgan fingerprint density at radius 3 is 2.89 bits per heavy atom. The van der Waals surface area contributed by atoms with E-state index in [9.17, 15) is 14.7 Å². The number of hydrogen-bond donors (Lipinski definition) is 3. The van der Waals surface area contributed by atoms with Crippen molar-refractivity contribution in [3.63, 3.8) is 0 Å². The second-order valence-electron chi connectivity index (χ2n) is 4.34. The molecule has 1 aliphatic heterocycles. The maximum absolute atomic E-state index is 11.7. The zero-order valence-corrected chi connectivity index (χ0v) is 10.1. The van der Waals surface area contributed by atoms with Gasteiger partial charge in [0.25, 0.3) is 5.56 Å². The lowest BCUT2D eigenvalue weighted by Crippen LogP contribution is -2.34.